The van der Waals surface area contributed by atoms with Gasteiger partial charge in [-0.15, -0.1) is 11.3 Å². The number of anilines is 1. The Hall–Kier alpha value is -2.60. The number of fused-ring (bicyclic) bond motifs is 1. The second-order valence-corrected chi connectivity index (χ2v) is 6.88. The van der Waals surface area contributed by atoms with Gasteiger partial charge in [-0.05, 0) is 54.6 Å². The van der Waals surface area contributed by atoms with Crippen LogP contribution in [0.15, 0.2) is 47.1 Å². The van der Waals surface area contributed by atoms with Crippen LogP contribution in [0, 0.1) is 0 Å². The first-order valence-electron chi connectivity index (χ1n) is 7.88. The van der Waals surface area contributed by atoms with E-state index >= 15 is 0 Å². The molecule has 1 aliphatic rings. The summed E-state index contributed by atoms with van der Waals surface area (Å²) >= 11 is 1.50. The van der Waals surface area contributed by atoms with Crippen LogP contribution in [0.5, 0.6) is 0 Å². The highest BCUT2D eigenvalue weighted by Crippen LogP contribution is 2.30. The molecule has 5 nitrogen and oxygen atoms in total. The highest BCUT2D eigenvalue weighted by molar-refractivity contribution is 7.20. The third-order valence-electron chi connectivity index (χ3n) is 4.12. The highest BCUT2D eigenvalue weighted by atomic mass is 32.1. The molecule has 2 amide bonds. The van der Waals surface area contributed by atoms with E-state index in [0.29, 0.717) is 5.69 Å². The van der Waals surface area contributed by atoms with Crippen molar-refractivity contribution in [3.05, 3.63) is 53.3 Å². The molecule has 122 valence electrons. The van der Waals surface area contributed by atoms with E-state index in [9.17, 15) is 9.59 Å². The van der Waals surface area contributed by atoms with Gasteiger partial charge in [-0.3, -0.25) is 9.59 Å². The van der Waals surface area contributed by atoms with Crippen molar-refractivity contribution in [2.75, 3.05) is 18.4 Å². The van der Waals surface area contributed by atoms with Crippen LogP contribution in [0.2, 0.25) is 0 Å². The summed E-state index contributed by atoms with van der Waals surface area (Å²) in [5.74, 6) is 0.0862. The van der Waals surface area contributed by atoms with E-state index < -0.39 is 0 Å². The maximum atomic E-state index is 12.5. The Morgan fingerprint density at radius 1 is 1.12 bits per heavy atom. The molecular formula is C18H16N2O3S. The quantitative estimate of drug-likeness (QED) is 0.784. The van der Waals surface area contributed by atoms with Gasteiger partial charge in [0.2, 0.25) is 0 Å². The zero-order valence-corrected chi connectivity index (χ0v) is 13.8. The molecule has 2 aromatic heterocycles. The molecule has 4 rings (SSSR count). The number of amides is 2. The van der Waals surface area contributed by atoms with Crippen LogP contribution in [-0.4, -0.2) is 29.8 Å². The summed E-state index contributed by atoms with van der Waals surface area (Å²) in [5, 5.41) is 3.76. The summed E-state index contributed by atoms with van der Waals surface area (Å²) in [6.07, 6.45) is 3.63. The third-order valence-corrected chi connectivity index (χ3v) is 5.23. The summed E-state index contributed by atoms with van der Waals surface area (Å²) < 4.78 is 6.12. The van der Waals surface area contributed by atoms with E-state index in [1.165, 1.54) is 17.6 Å². The third kappa shape index (κ3) is 2.80. The van der Waals surface area contributed by atoms with Crippen molar-refractivity contribution >= 4 is 38.9 Å². The Morgan fingerprint density at radius 2 is 1.96 bits per heavy atom. The minimum atomic E-state index is -0.289. The van der Waals surface area contributed by atoms with E-state index in [-0.39, 0.29) is 17.6 Å². The van der Waals surface area contributed by atoms with Gasteiger partial charge >= 0.3 is 0 Å². The van der Waals surface area contributed by atoms with Gasteiger partial charge in [-0.1, -0.05) is 0 Å². The zero-order chi connectivity index (χ0) is 16.5. The average Bonchev–Trinajstić information content (AvgIpc) is 3.33. The first-order valence-corrected chi connectivity index (χ1v) is 8.70. The summed E-state index contributed by atoms with van der Waals surface area (Å²) in [7, 11) is 0. The van der Waals surface area contributed by atoms with Crippen molar-refractivity contribution in [3.8, 4) is 0 Å². The number of benzene rings is 1. The van der Waals surface area contributed by atoms with Crippen LogP contribution >= 0.6 is 11.3 Å². The molecule has 3 heterocycles. The number of likely N-dealkylation sites (tertiary alicyclic amines) is 1. The monoisotopic (exact) mass is 340 g/mol. The van der Waals surface area contributed by atoms with Crippen LogP contribution in [0.3, 0.4) is 0 Å². The number of furan rings is 1. The van der Waals surface area contributed by atoms with Crippen molar-refractivity contribution < 1.29 is 14.0 Å². The molecule has 1 fully saturated rings. The van der Waals surface area contributed by atoms with Crippen molar-refractivity contribution in [3.63, 3.8) is 0 Å². The highest BCUT2D eigenvalue weighted by Gasteiger charge is 2.21. The normalized spacial score (nSPS) is 14.2. The molecule has 0 atom stereocenters. The minimum absolute atomic E-state index is 0.106. The Balaban J connectivity index is 1.57. The first-order chi connectivity index (χ1) is 11.7. The summed E-state index contributed by atoms with van der Waals surface area (Å²) in [6.45, 7) is 1.69. The molecule has 0 aliphatic carbocycles. The maximum absolute atomic E-state index is 12.5. The van der Waals surface area contributed by atoms with Gasteiger partial charge in [0.1, 0.15) is 0 Å². The molecule has 0 unspecified atom stereocenters. The molecule has 3 aromatic rings. The average molecular weight is 340 g/mol. The molecule has 1 N–H and O–H groups in total. The lowest BCUT2D eigenvalue weighted by atomic mass is 10.2. The number of rotatable bonds is 3. The Kier molecular flexibility index (Phi) is 3.82. The number of hydrogen-bond acceptors (Lipinski definition) is 4. The predicted octanol–water partition coefficient (Wildman–Crippen LogP) is 3.98. The lowest BCUT2D eigenvalue weighted by molar-refractivity contribution is 0.0797. The number of hydrogen-bond donors (Lipinski definition) is 1. The van der Waals surface area contributed by atoms with Gasteiger partial charge in [-0.25, -0.2) is 0 Å². The van der Waals surface area contributed by atoms with E-state index in [4.69, 9.17) is 4.42 Å². The number of nitrogens with one attached hydrogen (secondary N) is 1. The standard InChI is InChI=1S/C18H16N2O3S/c21-17(14-4-3-9-23-14)19-13-5-6-15-12(10-13)11-16(24-15)18(22)20-7-1-2-8-20/h3-6,9-11H,1-2,7-8H2,(H,19,21). The molecule has 24 heavy (non-hydrogen) atoms. The van der Waals surface area contributed by atoms with Gasteiger partial charge in [-0.2, -0.15) is 0 Å². The van der Waals surface area contributed by atoms with Gasteiger partial charge in [0.25, 0.3) is 11.8 Å². The molecule has 0 spiro atoms. The van der Waals surface area contributed by atoms with Crippen molar-refractivity contribution in [2.24, 2.45) is 0 Å². The van der Waals surface area contributed by atoms with E-state index in [2.05, 4.69) is 5.32 Å². The fourth-order valence-corrected chi connectivity index (χ4v) is 3.91. The van der Waals surface area contributed by atoms with E-state index in [0.717, 1.165) is 40.9 Å². The maximum Gasteiger partial charge on any atom is 0.291 e. The van der Waals surface area contributed by atoms with Gasteiger partial charge in [0, 0.05) is 23.5 Å². The van der Waals surface area contributed by atoms with Crippen LogP contribution in [0.25, 0.3) is 10.1 Å². The summed E-state index contributed by atoms with van der Waals surface area (Å²) in [4.78, 5) is 27.2. The summed E-state index contributed by atoms with van der Waals surface area (Å²) in [5.41, 5.74) is 0.682. The second-order valence-electron chi connectivity index (χ2n) is 5.79. The topological polar surface area (TPSA) is 62.6 Å². The SMILES string of the molecule is O=C(Nc1ccc2sc(C(=O)N3CCCC3)cc2c1)c1ccco1. The Morgan fingerprint density at radius 3 is 2.71 bits per heavy atom. The number of carbonyl (C=O) groups excluding carboxylic acids is 2. The fraction of sp³-hybridized carbons (Fsp3) is 0.222. The lowest BCUT2D eigenvalue weighted by Crippen LogP contribution is -2.26. The van der Waals surface area contributed by atoms with Crippen LogP contribution < -0.4 is 5.32 Å². The molecule has 0 saturated carbocycles. The Bertz CT molecular complexity index is 892. The predicted molar refractivity (Wildman–Crippen MR) is 93.6 cm³/mol. The number of nitrogens with zero attached hydrogens (tertiary/aromatic N) is 1. The van der Waals surface area contributed by atoms with Crippen molar-refractivity contribution in [2.45, 2.75) is 12.8 Å². The molecule has 0 bridgehead atoms. The van der Waals surface area contributed by atoms with Crippen LogP contribution in [0.4, 0.5) is 5.69 Å². The van der Waals surface area contributed by atoms with Crippen molar-refractivity contribution in [1.82, 2.24) is 4.90 Å². The van der Waals surface area contributed by atoms with Crippen LogP contribution in [0.1, 0.15) is 33.1 Å². The summed E-state index contributed by atoms with van der Waals surface area (Å²) in [6, 6.07) is 10.8. The molecule has 1 saturated heterocycles. The molecule has 1 aliphatic heterocycles. The van der Waals surface area contributed by atoms with E-state index in [1.54, 1.807) is 12.1 Å². The molecule has 0 radical (unpaired) electrons. The fourth-order valence-electron chi connectivity index (χ4n) is 2.90. The van der Waals surface area contributed by atoms with Gasteiger partial charge in [0.05, 0.1) is 11.1 Å². The zero-order valence-electron chi connectivity index (χ0n) is 13.0. The van der Waals surface area contributed by atoms with Crippen molar-refractivity contribution in [1.29, 1.82) is 0 Å². The first kappa shape index (κ1) is 15.0. The molecule has 6 heteroatoms. The largest absolute Gasteiger partial charge is 0.459 e. The minimum Gasteiger partial charge on any atom is -0.459 e. The Labute approximate surface area is 142 Å². The smallest absolute Gasteiger partial charge is 0.291 e. The van der Waals surface area contributed by atoms with Gasteiger partial charge in [0.15, 0.2) is 5.76 Å². The molecular weight excluding hydrogens is 324 g/mol. The number of carbonyl (C=O) groups is 2. The molecule has 1 aromatic carbocycles. The lowest BCUT2D eigenvalue weighted by Gasteiger charge is -2.13. The van der Waals surface area contributed by atoms with E-state index in [1.807, 2.05) is 29.2 Å². The number of thiophene rings is 1. The second kappa shape index (κ2) is 6.13. The van der Waals surface area contributed by atoms with Crippen LogP contribution in [-0.2, 0) is 0 Å². The van der Waals surface area contributed by atoms with Gasteiger partial charge < -0.3 is 14.6 Å².